The lowest BCUT2D eigenvalue weighted by Crippen LogP contribution is -2.20. The molecule has 162 valence electrons. The number of anilines is 1. The number of nitro groups is 1. The lowest BCUT2D eigenvalue weighted by Gasteiger charge is -2.16. The van der Waals surface area contributed by atoms with Crippen molar-refractivity contribution in [3.63, 3.8) is 0 Å². The summed E-state index contributed by atoms with van der Waals surface area (Å²) in [4.78, 5) is 40.2. The average molecular weight is 424 g/mol. The van der Waals surface area contributed by atoms with E-state index in [1.165, 1.54) is 24.3 Å². The SMILES string of the molecule is CC(C)(C)C(=O)c1ccc2c(c1)nc(NC(=O)c1cccc([N+](=O)[O-])c1)n2CCCO. The Morgan fingerprint density at radius 1 is 1.16 bits per heavy atom. The van der Waals surface area contributed by atoms with E-state index in [0.717, 1.165) is 0 Å². The molecule has 1 amide bonds. The van der Waals surface area contributed by atoms with Crippen LogP contribution in [0.25, 0.3) is 11.0 Å². The maximum atomic E-state index is 12.7. The lowest BCUT2D eigenvalue weighted by molar-refractivity contribution is -0.384. The summed E-state index contributed by atoms with van der Waals surface area (Å²) >= 11 is 0. The Kier molecular flexibility index (Phi) is 6.16. The number of fused-ring (bicyclic) bond motifs is 1. The Morgan fingerprint density at radius 3 is 2.55 bits per heavy atom. The van der Waals surface area contributed by atoms with E-state index in [1.807, 2.05) is 20.8 Å². The minimum Gasteiger partial charge on any atom is -0.396 e. The van der Waals surface area contributed by atoms with Gasteiger partial charge in [-0.3, -0.25) is 25.0 Å². The zero-order valence-electron chi connectivity index (χ0n) is 17.6. The molecule has 2 aromatic carbocycles. The van der Waals surface area contributed by atoms with Gasteiger partial charge in [0.2, 0.25) is 5.95 Å². The number of aliphatic hydroxyl groups excluding tert-OH is 1. The summed E-state index contributed by atoms with van der Waals surface area (Å²) in [6, 6.07) is 10.6. The summed E-state index contributed by atoms with van der Waals surface area (Å²) in [5.41, 5.74) is 1.14. The Labute approximate surface area is 178 Å². The maximum absolute atomic E-state index is 12.7. The number of hydrogen-bond acceptors (Lipinski definition) is 6. The zero-order chi connectivity index (χ0) is 22.8. The average Bonchev–Trinajstić information content (AvgIpc) is 3.06. The molecule has 0 aliphatic rings. The summed E-state index contributed by atoms with van der Waals surface area (Å²) in [5.74, 6) is -0.336. The third kappa shape index (κ3) is 4.77. The van der Waals surface area contributed by atoms with Gasteiger partial charge in [0, 0.05) is 41.8 Å². The van der Waals surface area contributed by atoms with Crippen molar-refractivity contribution in [1.29, 1.82) is 0 Å². The van der Waals surface area contributed by atoms with Gasteiger partial charge >= 0.3 is 0 Å². The summed E-state index contributed by atoms with van der Waals surface area (Å²) in [7, 11) is 0. The highest BCUT2D eigenvalue weighted by Gasteiger charge is 2.24. The van der Waals surface area contributed by atoms with Gasteiger partial charge in [0.05, 0.1) is 16.0 Å². The number of nitro benzene ring substituents is 1. The number of carbonyl (C=O) groups excluding carboxylic acids is 2. The molecule has 0 spiro atoms. The molecule has 0 fully saturated rings. The molecule has 1 heterocycles. The Balaban J connectivity index is 2.00. The van der Waals surface area contributed by atoms with E-state index in [1.54, 1.807) is 22.8 Å². The fourth-order valence-corrected chi connectivity index (χ4v) is 3.19. The first kappa shape index (κ1) is 22.1. The number of ketones is 1. The molecular weight excluding hydrogens is 400 g/mol. The number of hydrogen-bond donors (Lipinski definition) is 2. The van der Waals surface area contributed by atoms with Crippen LogP contribution in [0.5, 0.6) is 0 Å². The number of nitrogens with zero attached hydrogens (tertiary/aromatic N) is 3. The van der Waals surface area contributed by atoms with E-state index in [0.29, 0.717) is 29.6 Å². The quantitative estimate of drug-likeness (QED) is 0.337. The summed E-state index contributed by atoms with van der Waals surface area (Å²) in [5, 5.41) is 22.9. The standard InChI is InChI=1S/C22H24N4O5/c1-22(2,3)19(28)14-8-9-18-17(13-14)23-21(25(18)10-5-11-27)24-20(29)15-6-4-7-16(12-15)26(30)31/h4,6-9,12-13,27H,5,10-11H2,1-3H3,(H,23,24,29). The number of aryl methyl sites for hydroxylation is 1. The lowest BCUT2D eigenvalue weighted by atomic mass is 9.86. The molecule has 0 atom stereocenters. The number of amides is 1. The Bertz CT molecular complexity index is 1160. The van der Waals surface area contributed by atoms with Crippen molar-refractivity contribution in [2.24, 2.45) is 5.41 Å². The largest absolute Gasteiger partial charge is 0.396 e. The first-order valence-electron chi connectivity index (χ1n) is 9.83. The molecule has 0 saturated carbocycles. The van der Waals surface area contributed by atoms with Gasteiger partial charge in [-0.1, -0.05) is 26.8 Å². The fraction of sp³-hybridized carbons (Fsp3) is 0.318. The second-order valence-electron chi connectivity index (χ2n) is 8.21. The van der Waals surface area contributed by atoms with Crippen molar-refractivity contribution >= 4 is 34.4 Å². The van der Waals surface area contributed by atoms with E-state index in [4.69, 9.17) is 0 Å². The topological polar surface area (TPSA) is 127 Å². The van der Waals surface area contributed by atoms with Gasteiger partial charge in [-0.15, -0.1) is 0 Å². The highest BCUT2D eigenvalue weighted by atomic mass is 16.6. The maximum Gasteiger partial charge on any atom is 0.270 e. The van der Waals surface area contributed by atoms with Gasteiger partial charge < -0.3 is 9.67 Å². The predicted octanol–water partition coefficient (Wildman–Crippen LogP) is 3.81. The summed E-state index contributed by atoms with van der Waals surface area (Å²) < 4.78 is 1.74. The summed E-state index contributed by atoms with van der Waals surface area (Å²) in [6.45, 7) is 5.86. The molecular formula is C22H24N4O5. The van der Waals surface area contributed by atoms with E-state index >= 15 is 0 Å². The molecule has 0 unspecified atom stereocenters. The molecule has 9 nitrogen and oxygen atoms in total. The van der Waals surface area contributed by atoms with Gasteiger partial charge in [0.15, 0.2) is 5.78 Å². The third-order valence-electron chi connectivity index (χ3n) is 4.78. The van der Waals surface area contributed by atoms with Crippen LogP contribution >= 0.6 is 0 Å². The van der Waals surface area contributed by atoms with Crippen molar-refractivity contribution in [3.05, 3.63) is 63.7 Å². The number of carbonyl (C=O) groups is 2. The van der Waals surface area contributed by atoms with Crippen molar-refractivity contribution in [1.82, 2.24) is 9.55 Å². The number of non-ortho nitro benzene ring substituents is 1. The molecule has 3 aromatic rings. The molecule has 3 rings (SSSR count). The summed E-state index contributed by atoms with van der Waals surface area (Å²) in [6.07, 6.45) is 0.438. The van der Waals surface area contributed by atoms with Gasteiger partial charge in [0.1, 0.15) is 0 Å². The molecule has 31 heavy (non-hydrogen) atoms. The third-order valence-corrected chi connectivity index (χ3v) is 4.78. The first-order valence-corrected chi connectivity index (χ1v) is 9.83. The minimum atomic E-state index is -0.568. The van der Waals surface area contributed by atoms with Crippen molar-refractivity contribution in [3.8, 4) is 0 Å². The van der Waals surface area contributed by atoms with Crippen LogP contribution in [0.3, 0.4) is 0 Å². The van der Waals surface area contributed by atoms with Crippen molar-refractivity contribution in [2.45, 2.75) is 33.7 Å². The van der Waals surface area contributed by atoms with Crippen LogP contribution in [-0.2, 0) is 6.54 Å². The van der Waals surface area contributed by atoms with E-state index < -0.39 is 16.2 Å². The van der Waals surface area contributed by atoms with Crippen LogP contribution in [0.15, 0.2) is 42.5 Å². The molecule has 1 aromatic heterocycles. The number of aromatic nitrogens is 2. The van der Waals surface area contributed by atoms with Crippen LogP contribution in [-0.4, -0.2) is 37.9 Å². The predicted molar refractivity (Wildman–Crippen MR) is 116 cm³/mol. The number of nitrogens with one attached hydrogen (secondary N) is 1. The number of benzene rings is 2. The van der Waals surface area contributed by atoms with Gasteiger partial charge in [-0.25, -0.2) is 4.98 Å². The van der Waals surface area contributed by atoms with Crippen molar-refractivity contribution < 1.29 is 19.6 Å². The second kappa shape index (κ2) is 8.65. The van der Waals surface area contributed by atoms with Crippen LogP contribution in [0.2, 0.25) is 0 Å². The molecule has 0 saturated heterocycles. The molecule has 2 N–H and O–H groups in total. The highest BCUT2D eigenvalue weighted by Crippen LogP contribution is 2.26. The number of Topliss-reactive ketones (excluding diaryl/α,β-unsaturated/α-hetero) is 1. The molecule has 0 bridgehead atoms. The van der Waals surface area contributed by atoms with Crippen LogP contribution in [0, 0.1) is 15.5 Å². The van der Waals surface area contributed by atoms with Gasteiger partial charge in [-0.05, 0) is 30.7 Å². The molecule has 0 radical (unpaired) electrons. The van der Waals surface area contributed by atoms with E-state index in [-0.39, 0.29) is 29.6 Å². The number of imidazole rings is 1. The second-order valence-corrected chi connectivity index (χ2v) is 8.21. The van der Waals surface area contributed by atoms with Crippen LogP contribution in [0.4, 0.5) is 11.6 Å². The highest BCUT2D eigenvalue weighted by molar-refractivity contribution is 6.05. The smallest absolute Gasteiger partial charge is 0.270 e. The minimum absolute atomic E-state index is 0.0264. The normalized spacial score (nSPS) is 11.5. The van der Waals surface area contributed by atoms with Gasteiger partial charge in [-0.2, -0.15) is 0 Å². The van der Waals surface area contributed by atoms with Gasteiger partial charge in [0.25, 0.3) is 11.6 Å². The van der Waals surface area contributed by atoms with Crippen LogP contribution in [0.1, 0.15) is 47.9 Å². The molecule has 0 aliphatic heterocycles. The first-order chi connectivity index (χ1) is 14.6. The monoisotopic (exact) mass is 424 g/mol. The molecule has 9 heteroatoms. The number of rotatable bonds is 7. The van der Waals surface area contributed by atoms with E-state index in [9.17, 15) is 24.8 Å². The zero-order valence-corrected chi connectivity index (χ0v) is 17.6. The van der Waals surface area contributed by atoms with E-state index in [2.05, 4.69) is 10.3 Å². The molecule has 0 aliphatic carbocycles. The Hall–Kier alpha value is -3.59. The van der Waals surface area contributed by atoms with Crippen molar-refractivity contribution in [2.75, 3.05) is 11.9 Å². The number of aliphatic hydroxyl groups is 1. The fourth-order valence-electron chi connectivity index (χ4n) is 3.19. The Morgan fingerprint density at radius 2 is 1.90 bits per heavy atom. The van der Waals surface area contributed by atoms with Crippen LogP contribution < -0.4 is 5.32 Å².